The van der Waals surface area contributed by atoms with E-state index in [0.29, 0.717) is 0 Å². The first-order valence-corrected chi connectivity index (χ1v) is 5.92. The maximum absolute atomic E-state index is 12.1. The Kier molecular flexibility index (Phi) is 5.67. The average Bonchev–Trinajstić information content (AvgIpc) is 2.44. The number of carbonyl (C=O) groups excluding carboxylic acids is 3. The molecule has 0 aliphatic rings. The van der Waals surface area contributed by atoms with Crippen molar-refractivity contribution < 1.29 is 32.3 Å². The van der Waals surface area contributed by atoms with Crippen LogP contribution in [0.5, 0.6) is 5.75 Å². The first kappa shape index (κ1) is 17.7. The summed E-state index contributed by atoms with van der Waals surface area (Å²) in [6, 6.07) is 2.23. The summed E-state index contributed by atoms with van der Waals surface area (Å²) in [5.74, 6) is -3.12. The fourth-order valence-electron chi connectivity index (χ4n) is 1.47. The Labute approximate surface area is 126 Å². The number of hydrogen-bond acceptors (Lipinski definition) is 4. The number of nitrogens with zero attached hydrogens (tertiary/aromatic N) is 1. The van der Waals surface area contributed by atoms with E-state index in [1.54, 1.807) is 5.32 Å². The Bertz CT molecular complexity index is 655. The first-order chi connectivity index (χ1) is 10.2. The van der Waals surface area contributed by atoms with E-state index in [4.69, 9.17) is 16.3 Å². The number of carbonyl (C=O) groups is 2. The molecule has 1 rings (SSSR count). The molecule has 1 aromatic rings. The maximum Gasteiger partial charge on any atom is 0.471 e. The second-order valence-corrected chi connectivity index (χ2v) is 4.24. The lowest BCUT2D eigenvalue weighted by Gasteiger charge is -2.13. The Morgan fingerprint density at radius 1 is 1.41 bits per heavy atom. The second-order valence-electron chi connectivity index (χ2n) is 3.83. The molecule has 0 atom stereocenters. The molecule has 118 valence electrons. The molecule has 10 heteroatoms. The topological polar surface area (TPSA) is 84.8 Å². The molecule has 0 aliphatic carbocycles. The van der Waals surface area contributed by atoms with Gasteiger partial charge >= 0.3 is 12.1 Å². The molecule has 0 aliphatic heterocycles. The van der Waals surface area contributed by atoms with Crippen LogP contribution >= 0.6 is 11.6 Å². The number of hydrogen-bond donors (Lipinski definition) is 1. The predicted molar refractivity (Wildman–Crippen MR) is 68.4 cm³/mol. The highest BCUT2D eigenvalue weighted by Gasteiger charge is 2.38. The zero-order valence-electron chi connectivity index (χ0n) is 11.0. The highest BCUT2D eigenvalue weighted by atomic mass is 35.5. The van der Waals surface area contributed by atoms with Crippen LogP contribution in [0.4, 0.5) is 13.2 Å². The van der Waals surface area contributed by atoms with E-state index in [-0.39, 0.29) is 21.9 Å². The van der Waals surface area contributed by atoms with Crippen LogP contribution in [-0.2, 0) is 16.1 Å². The Hall–Kier alpha value is -2.38. The summed E-state index contributed by atoms with van der Waals surface area (Å²) in [6.45, 7) is -0.566. The summed E-state index contributed by atoms with van der Waals surface area (Å²) in [6.07, 6.45) is -4.01. The number of halogens is 4. The highest BCUT2D eigenvalue weighted by Crippen LogP contribution is 2.28. The van der Waals surface area contributed by atoms with Gasteiger partial charge in [-0.25, -0.2) is 4.79 Å². The van der Waals surface area contributed by atoms with E-state index in [1.807, 2.05) is 0 Å². The molecule has 22 heavy (non-hydrogen) atoms. The number of ether oxygens (including phenoxy) is 1. The highest BCUT2D eigenvalue weighted by molar-refractivity contribution is 6.34. The Balaban J connectivity index is 3.12. The third-order valence-electron chi connectivity index (χ3n) is 2.44. The van der Waals surface area contributed by atoms with E-state index in [1.165, 1.54) is 7.11 Å². The number of alkyl halides is 3. The SMILES string of the molecule is COc1cc(Cl)c(C(=O)N=C=O)cc1CNC(=O)C(F)(F)F. The van der Waals surface area contributed by atoms with E-state index in [2.05, 4.69) is 4.99 Å². The van der Waals surface area contributed by atoms with Gasteiger partial charge in [-0.1, -0.05) is 11.6 Å². The van der Waals surface area contributed by atoms with Crippen molar-refractivity contribution in [1.82, 2.24) is 5.32 Å². The smallest absolute Gasteiger partial charge is 0.471 e. The maximum atomic E-state index is 12.1. The number of benzene rings is 1. The molecule has 1 aromatic carbocycles. The fraction of sp³-hybridized carbons (Fsp3) is 0.250. The van der Waals surface area contributed by atoms with Gasteiger partial charge in [0.05, 0.1) is 17.7 Å². The third kappa shape index (κ3) is 4.31. The van der Waals surface area contributed by atoms with Crippen molar-refractivity contribution >= 4 is 29.5 Å². The summed E-state index contributed by atoms with van der Waals surface area (Å²) in [5, 5.41) is 1.51. The fourth-order valence-corrected chi connectivity index (χ4v) is 1.70. The number of amides is 2. The summed E-state index contributed by atoms with van der Waals surface area (Å²) in [7, 11) is 1.23. The van der Waals surface area contributed by atoms with Gasteiger partial charge in [0.25, 0.3) is 5.91 Å². The lowest BCUT2D eigenvalue weighted by atomic mass is 10.1. The summed E-state index contributed by atoms with van der Waals surface area (Å²) in [5.41, 5.74) is -0.184. The van der Waals surface area contributed by atoms with Gasteiger partial charge in [-0.15, -0.1) is 4.99 Å². The molecular formula is C12H8ClF3N2O4. The molecule has 1 N–H and O–H groups in total. The molecular weight excluding hydrogens is 329 g/mol. The van der Waals surface area contributed by atoms with Crippen LogP contribution in [0.3, 0.4) is 0 Å². The minimum Gasteiger partial charge on any atom is -0.496 e. The largest absolute Gasteiger partial charge is 0.496 e. The van der Waals surface area contributed by atoms with Crippen LogP contribution in [0.2, 0.25) is 5.02 Å². The van der Waals surface area contributed by atoms with Gasteiger partial charge in [0, 0.05) is 12.1 Å². The van der Waals surface area contributed by atoms with Crippen LogP contribution in [0.1, 0.15) is 15.9 Å². The summed E-state index contributed by atoms with van der Waals surface area (Å²) >= 11 is 5.79. The van der Waals surface area contributed by atoms with E-state index in [9.17, 15) is 27.6 Å². The molecule has 0 heterocycles. The van der Waals surface area contributed by atoms with Crippen molar-refractivity contribution in [3.8, 4) is 5.75 Å². The lowest BCUT2D eigenvalue weighted by molar-refractivity contribution is -0.173. The number of nitrogens with one attached hydrogen (secondary N) is 1. The lowest BCUT2D eigenvalue weighted by Crippen LogP contribution is -2.36. The van der Waals surface area contributed by atoms with Crippen molar-refractivity contribution in [2.45, 2.75) is 12.7 Å². The molecule has 6 nitrogen and oxygen atoms in total. The summed E-state index contributed by atoms with van der Waals surface area (Å²) < 4.78 is 41.3. The van der Waals surface area contributed by atoms with Crippen molar-refractivity contribution in [3.63, 3.8) is 0 Å². The van der Waals surface area contributed by atoms with Gasteiger partial charge < -0.3 is 10.1 Å². The monoisotopic (exact) mass is 336 g/mol. The zero-order chi connectivity index (χ0) is 16.9. The first-order valence-electron chi connectivity index (χ1n) is 5.54. The van der Waals surface area contributed by atoms with Crippen LogP contribution in [0.15, 0.2) is 17.1 Å². The summed E-state index contributed by atoms with van der Waals surface area (Å²) in [4.78, 5) is 35.2. The average molecular weight is 337 g/mol. The van der Waals surface area contributed by atoms with Gasteiger partial charge in [0.2, 0.25) is 6.08 Å². The Morgan fingerprint density at radius 2 is 2.05 bits per heavy atom. The Morgan fingerprint density at radius 3 is 2.55 bits per heavy atom. The van der Waals surface area contributed by atoms with Crippen molar-refractivity contribution in [1.29, 1.82) is 0 Å². The number of methoxy groups -OCH3 is 1. The van der Waals surface area contributed by atoms with Crippen LogP contribution in [0.25, 0.3) is 0 Å². The molecule has 0 spiro atoms. The zero-order valence-corrected chi connectivity index (χ0v) is 11.7. The van der Waals surface area contributed by atoms with Crippen LogP contribution in [-0.4, -0.2) is 31.2 Å². The number of isocyanates is 1. The van der Waals surface area contributed by atoms with E-state index in [0.717, 1.165) is 18.2 Å². The molecule has 0 bridgehead atoms. The van der Waals surface area contributed by atoms with E-state index < -0.39 is 24.5 Å². The molecule has 0 saturated carbocycles. The molecule has 0 unspecified atom stereocenters. The van der Waals surface area contributed by atoms with Gasteiger partial charge in [-0.05, 0) is 12.1 Å². The molecule has 0 saturated heterocycles. The minimum absolute atomic E-state index is 0.0500. The van der Waals surface area contributed by atoms with Gasteiger partial charge in [0.15, 0.2) is 0 Å². The van der Waals surface area contributed by atoms with E-state index >= 15 is 0 Å². The minimum atomic E-state index is -5.04. The quantitative estimate of drug-likeness (QED) is 0.673. The van der Waals surface area contributed by atoms with Crippen molar-refractivity contribution in [2.24, 2.45) is 4.99 Å². The normalized spacial score (nSPS) is 10.6. The molecule has 0 fully saturated rings. The second kappa shape index (κ2) is 7.06. The molecule has 2 amide bonds. The van der Waals surface area contributed by atoms with Crippen LogP contribution in [0, 0.1) is 0 Å². The molecule has 0 aromatic heterocycles. The number of aliphatic imine (C=N–C) groups is 1. The van der Waals surface area contributed by atoms with Crippen molar-refractivity contribution in [2.75, 3.05) is 7.11 Å². The molecule has 0 radical (unpaired) electrons. The van der Waals surface area contributed by atoms with Crippen molar-refractivity contribution in [3.05, 3.63) is 28.3 Å². The predicted octanol–water partition coefficient (Wildman–Crippen LogP) is 2.00. The number of rotatable bonds is 4. The standard InChI is InChI=1S/C12H8ClF3N2O4/c1-22-9-3-8(13)7(10(20)18-5-19)2-6(9)4-17-11(21)12(14,15)16/h2-3H,4H2,1H3,(H,17,21). The van der Waals surface area contributed by atoms with Gasteiger partial charge in [0.1, 0.15) is 5.75 Å². The van der Waals surface area contributed by atoms with Gasteiger partial charge in [-0.2, -0.15) is 13.2 Å². The van der Waals surface area contributed by atoms with Gasteiger partial charge in [-0.3, -0.25) is 9.59 Å². The third-order valence-corrected chi connectivity index (χ3v) is 2.76. The van der Waals surface area contributed by atoms with Crippen LogP contribution < -0.4 is 10.1 Å².